The summed E-state index contributed by atoms with van der Waals surface area (Å²) in [6.07, 6.45) is 2.39. The number of hydrogen-bond acceptors (Lipinski definition) is 3. The van der Waals surface area contributed by atoms with Gasteiger partial charge in [0.25, 0.3) is 0 Å². The van der Waals surface area contributed by atoms with Crippen LogP contribution >= 0.6 is 0 Å². The molecule has 20 heavy (non-hydrogen) atoms. The Labute approximate surface area is 121 Å². The minimum absolute atomic E-state index is 0.144. The molecule has 0 aliphatic heterocycles. The van der Waals surface area contributed by atoms with E-state index < -0.39 is 5.97 Å². The molecule has 0 spiro atoms. The van der Waals surface area contributed by atoms with Gasteiger partial charge in [-0.2, -0.15) is 0 Å². The lowest BCUT2D eigenvalue weighted by Gasteiger charge is -2.09. The predicted octanol–water partition coefficient (Wildman–Crippen LogP) is 3.07. The standard InChI is InChI=1S/C16H25NO3/c1-13(2)5-4-10-20-15-7-3-6-14(11-15)12-17-9-8-16(18)19/h3,6-7,11,13,17H,4-5,8-10,12H2,1-2H3,(H,18,19). The van der Waals surface area contributed by atoms with Crippen LogP contribution in [0, 0.1) is 5.92 Å². The lowest BCUT2D eigenvalue weighted by Crippen LogP contribution is -2.17. The van der Waals surface area contributed by atoms with Crippen molar-refractivity contribution in [2.75, 3.05) is 13.2 Å². The first-order chi connectivity index (χ1) is 9.58. The molecule has 4 nitrogen and oxygen atoms in total. The van der Waals surface area contributed by atoms with E-state index in [1.807, 2.05) is 24.3 Å². The molecule has 2 N–H and O–H groups in total. The summed E-state index contributed by atoms with van der Waals surface area (Å²) in [5.74, 6) is 0.814. The molecule has 0 aromatic heterocycles. The Kier molecular flexibility index (Phi) is 7.73. The third-order valence-electron chi connectivity index (χ3n) is 2.94. The van der Waals surface area contributed by atoms with Gasteiger partial charge in [-0.3, -0.25) is 4.79 Å². The smallest absolute Gasteiger partial charge is 0.304 e. The van der Waals surface area contributed by atoms with Gasteiger partial charge in [0.05, 0.1) is 13.0 Å². The highest BCUT2D eigenvalue weighted by Crippen LogP contribution is 2.14. The van der Waals surface area contributed by atoms with Crippen molar-refractivity contribution < 1.29 is 14.6 Å². The number of carboxylic acid groups (broad SMARTS) is 1. The second-order valence-corrected chi connectivity index (χ2v) is 5.35. The normalized spacial score (nSPS) is 10.8. The van der Waals surface area contributed by atoms with Crippen LogP contribution in [0.1, 0.15) is 38.7 Å². The van der Waals surface area contributed by atoms with Crippen LogP contribution in [0.2, 0.25) is 0 Å². The summed E-state index contributed by atoms with van der Waals surface area (Å²) in [6, 6.07) is 7.93. The first-order valence-electron chi connectivity index (χ1n) is 7.22. The summed E-state index contributed by atoms with van der Waals surface area (Å²) < 4.78 is 5.72. The summed E-state index contributed by atoms with van der Waals surface area (Å²) in [5.41, 5.74) is 1.11. The summed E-state index contributed by atoms with van der Waals surface area (Å²) in [7, 11) is 0. The van der Waals surface area contributed by atoms with E-state index in [2.05, 4.69) is 19.2 Å². The molecule has 0 bridgehead atoms. The molecule has 0 aliphatic carbocycles. The van der Waals surface area contributed by atoms with Gasteiger partial charge in [-0.05, 0) is 36.5 Å². The van der Waals surface area contributed by atoms with Crippen molar-refractivity contribution in [3.05, 3.63) is 29.8 Å². The number of nitrogens with one attached hydrogen (secondary N) is 1. The maximum atomic E-state index is 10.4. The highest BCUT2D eigenvalue weighted by molar-refractivity contribution is 5.66. The van der Waals surface area contributed by atoms with Gasteiger partial charge in [0.15, 0.2) is 0 Å². The van der Waals surface area contributed by atoms with Crippen molar-refractivity contribution in [1.82, 2.24) is 5.32 Å². The van der Waals surface area contributed by atoms with Gasteiger partial charge in [-0.25, -0.2) is 0 Å². The van der Waals surface area contributed by atoms with Crippen LogP contribution in [-0.4, -0.2) is 24.2 Å². The molecule has 0 heterocycles. The first-order valence-corrected chi connectivity index (χ1v) is 7.22. The fourth-order valence-electron chi connectivity index (χ4n) is 1.85. The molecule has 0 radical (unpaired) electrons. The number of rotatable bonds is 10. The topological polar surface area (TPSA) is 58.6 Å². The lowest BCUT2D eigenvalue weighted by molar-refractivity contribution is -0.136. The van der Waals surface area contributed by atoms with Crippen LogP contribution in [0.4, 0.5) is 0 Å². The van der Waals surface area contributed by atoms with Crippen LogP contribution in [0.5, 0.6) is 5.75 Å². The van der Waals surface area contributed by atoms with E-state index >= 15 is 0 Å². The summed E-state index contributed by atoms with van der Waals surface area (Å²) >= 11 is 0. The summed E-state index contributed by atoms with van der Waals surface area (Å²) in [6.45, 7) is 6.31. The quantitative estimate of drug-likeness (QED) is 0.646. The number of carboxylic acids is 1. The van der Waals surface area contributed by atoms with Crippen molar-refractivity contribution in [1.29, 1.82) is 0 Å². The fourth-order valence-corrected chi connectivity index (χ4v) is 1.85. The number of benzene rings is 1. The molecule has 4 heteroatoms. The van der Waals surface area contributed by atoms with Gasteiger partial charge < -0.3 is 15.2 Å². The van der Waals surface area contributed by atoms with E-state index in [1.165, 1.54) is 6.42 Å². The molecule has 0 atom stereocenters. The van der Waals surface area contributed by atoms with Gasteiger partial charge >= 0.3 is 5.97 Å². The summed E-state index contributed by atoms with van der Waals surface area (Å²) in [4.78, 5) is 10.4. The average molecular weight is 279 g/mol. The molecule has 0 aliphatic rings. The van der Waals surface area contributed by atoms with Gasteiger partial charge in [-0.15, -0.1) is 0 Å². The van der Waals surface area contributed by atoms with Crippen molar-refractivity contribution in [2.45, 2.75) is 39.7 Å². The molecular formula is C16H25NO3. The van der Waals surface area contributed by atoms with Gasteiger partial charge in [-0.1, -0.05) is 26.0 Å². The highest BCUT2D eigenvalue weighted by Gasteiger charge is 2.00. The third-order valence-corrected chi connectivity index (χ3v) is 2.94. The monoisotopic (exact) mass is 279 g/mol. The Morgan fingerprint density at radius 2 is 2.20 bits per heavy atom. The van der Waals surface area contributed by atoms with E-state index in [9.17, 15) is 4.79 Å². The van der Waals surface area contributed by atoms with Crippen LogP contribution in [-0.2, 0) is 11.3 Å². The summed E-state index contributed by atoms with van der Waals surface area (Å²) in [5, 5.41) is 11.7. The molecule has 0 fully saturated rings. The largest absolute Gasteiger partial charge is 0.494 e. The minimum atomic E-state index is -0.778. The van der Waals surface area contributed by atoms with Crippen LogP contribution < -0.4 is 10.1 Å². The Morgan fingerprint density at radius 3 is 2.90 bits per heavy atom. The second-order valence-electron chi connectivity index (χ2n) is 5.35. The Morgan fingerprint density at radius 1 is 1.40 bits per heavy atom. The van der Waals surface area contributed by atoms with Gasteiger partial charge in [0.2, 0.25) is 0 Å². The molecule has 1 aromatic carbocycles. The SMILES string of the molecule is CC(C)CCCOc1cccc(CNCCC(=O)O)c1. The number of carbonyl (C=O) groups is 1. The molecule has 1 aromatic rings. The molecule has 1 rings (SSSR count). The first kappa shape index (κ1) is 16.5. The van der Waals surface area contributed by atoms with Crippen LogP contribution in [0.3, 0.4) is 0 Å². The van der Waals surface area contributed by atoms with Gasteiger partial charge in [0.1, 0.15) is 5.75 Å². The number of ether oxygens (including phenoxy) is 1. The zero-order valence-corrected chi connectivity index (χ0v) is 12.4. The minimum Gasteiger partial charge on any atom is -0.494 e. The Hall–Kier alpha value is -1.55. The number of hydrogen-bond donors (Lipinski definition) is 2. The third kappa shape index (κ3) is 7.79. The molecule has 0 saturated carbocycles. The molecule has 112 valence electrons. The zero-order valence-electron chi connectivity index (χ0n) is 12.4. The highest BCUT2D eigenvalue weighted by atomic mass is 16.5. The maximum Gasteiger partial charge on any atom is 0.304 e. The van der Waals surface area contributed by atoms with Crippen LogP contribution in [0.25, 0.3) is 0 Å². The number of aliphatic carboxylic acids is 1. The van der Waals surface area contributed by atoms with Gasteiger partial charge in [0, 0.05) is 13.1 Å². The van der Waals surface area contributed by atoms with Crippen molar-refractivity contribution in [3.8, 4) is 5.75 Å². The van der Waals surface area contributed by atoms with E-state index in [4.69, 9.17) is 9.84 Å². The van der Waals surface area contributed by atoms with Crippen LogP contribution in [0.15, 0.2) is 24.3 Å². The average Bonchev–Trinajstić information content (AvgIpc) is 2.40. The molecule has 0 saturated heterocycles. The second kappa shape index (κ2) is 9.37. The van der Waals surface area contributed by atoms with E-state index in [0.29, 0.717) is 19.0 Å². The zero-order chi connectivity index (χ0) is 14.8. The fraction of sp³-hybridized carbons (Fsp3) is 0.562. The van der Waals surface area contributed by atoms with E-state index in [-0.39, 0.29) is 6.42 Å². The van der Waals surface area contributed by atoms with E-state index in [0.717, 1.165) is 24.3 Å². The van der Waals surface area contributed by atoms with Crippen molar-refractivity contribution >= 4 is 5.97 Å². The molecule has 0 unspecified atom stereocenters. The Balaban J connectivity index is 2.28. The molecule has 0 amide bonds. The molecular weight excluding hydrogens is 254 g/mol. The van der Waals surface area contributed by atoms with Crippen molar-refractivity contribution in [2.24, 2.45) is 5.92 Å². The maximum absolute atomic E-state index is 10.4. The lowest BCUT2D eigenvalue weighted by atomic mass is 10.1. The predicted molar refractivity (Wildman–Crippen MR) is 80.0 cm³/mol. The Bertz CT molecular complexity index is 404. The van der Waals surface area contributed by atoms with E-state index in [1.54, 1.807) is 0 Å². The van der Waals surface area contributed by atoms with Crippen molar-refractivity contribution in [3.63, 3.8) is 0 Å².